The van der Waals surface area contributed by atoms with Gasteiger partial charge in [0, 0.05) is 33.4 Å². The monoisotopic (exact) mass is 700 g/mol. The Hall–Kier alpha value is -5.19. The standard InChI is InChI=1S/C40H52N4O7/c1-27(2)34(37(47)44(7)33(38(48)50-8)26-30-22-16-11-17-23-30)42-35(45)32(25-29-20-14-10-15-21-29)43(6)36(46)31(24-28-18-12-9-13-19-28)41-39(49)51-40(3,4)5/h9-23,27,31-34H,24-26H2,1-8H3,(H,41,49)(H,42,45)/t31-,32-,33-,34-/m0/s1. The predicted octanol–water partition coefficient (Wildman–Crippen LogP) is 4.58. The number of hydrogen-bond donors (Lipinski definition) is 2. The Labute approximate surface area is 301 Å². The average Bonchev–Trinajstić information content (AvgIpc) is 3.10. The minimum Gasteiger partial charge on any atom is -0.467 e. The maximum absolute atomic E-state index is 14.3. The van der Waals surface area contributed by atoms with Gasteiger partial charge in [-0.15, -0.1) is 0 Å². The lowest BCUT2D eigenvalue weighted by Crippen LogP contribution is -2.60. The zero-order valence-electron chi connectivity index (χ0n) is 30.9. The van der Waals surface area contributed by atoms with E-state index in [0.29, 0.717) is 0 Å². The maximum atomic E-state index is 14.3. The summed E-state index contributed by atoms with van der Waals surface area (Å²) in [5.74, 6) is -2.53. The molecule has 0 radical (unpaired) electrons. The quantitative estimate of drug-likeness (QED) is 0.222. The van der Waals surface area contributed by atoms with Crippen LogP contribution < -0.4 is 10.6 Å². The fourth-order valence-corrected chi connectivity index (χ4v) is 5.63. The molecule has 0 aliphatic carbocycles. The lowest BCUT2D eigenvalue weighted by atomic mass is 9.98. The van der Waals surface area contributed by atoms with E-state index in [0.717, 1.165) is 16.7 Å². The summed E-state index contributed by atoms with van der Waals surface area (Å²) in [6.07, 6.45) is -0.265. The van der Waals surface area contributed by atoms with Crippen LogP contribution >= 0.6 is 0 Å². The molecule has 0 saturated heterocycles. The molecule has 0 aromatic heterocycles. The van der Waals surface area contributed by atoms with Crippen molar-refractivity contribution in [3.05, 3.63) is 108 Å². The van der Waals surface area contributed by atoms with Gasteiger partial charge in [0.1, 0.15) is 29.8 Å². The first-order valence-electron chi connectivity index (χ1n) is 17.1. The average molecular weight is 701 g/mol. The van der Waals surface area contributed by atoms with Crippen molar-refractivity contribution in [2.75, 3.05) is 21.2 Å². The van der Waals surface area contributed by atoms with Gasteiger partial charge in [0.2, 0.25) is 17.7 Å². The van der Waals surface area contributed by atoms with E-state index < -0.39 is 59.6 Å². The van der Waals surface area contributed by atoms with Crippen LogP contribution in [0.25, 0.3) is 0 Å². The minimum absolute atomic E-state index is 0.132. The number of ether oxygens (including phenoxy) is 2. The molecule has 11 heteroatoms. The van der Waals surface area contributed by atoms with Crippen molar-refractivity contribution in [2.24, 2.45) is 5.92 Å². The smallest absolute Gasteiger partial charge is 0.408 e. The highest BCUT2D eigenvalue weighted by molar-refractivity contribution is 5.95. The number of esters is 1. The van der Waals surface area contributed by atoms with Crippen LogP contribution in [0.3, 0.4) is 0 Å². The molecule has 2 N–H and O–H groups in total. The molecule has 4 amide bonds. The van der Waals surface area contributed by atoms with E-state index in [2.05, 4.69) is 10.6 Å². The first-order chi connectivity index (χ1) is 24.1. The van der Waals surface area contributed by atoms with Crippen molar-refractivity contribution in [1.29, 1.82) is 0 Å². The number of benzene rings is 3. The van der Waals surface area contributed by atoms with Crippen molar-refractivity contribution in [1.82, 2.24) is 20.4 Å². The van der Waals surface area contributed by atoms with Gasteiger partial charge in [-0.05, 0) is 43.4 Å². The van der Waals surface area contributed by atoms with Gasteiger partial charge < -0.3 is 29.9 Å². The van der Waals surface area contributed by atoms with Crippen molar-refractivity contribution >= 4 is 29.8 Å². The molecule has 0 fully saturated rings. The molecule has 3 rings (SSSR count). The van der Waals surface area contributed by atoms with Gasteiger partial charge in [-0.2, -0.15) is 0 Å². The van der Waals surface area contributed by atoms with Crippen molar-refractivity contribution in [2.45, 2.75) is 83.6 Å². The second-order valence-corrected chi connectivity index (χ2v) is 14.0. The fraction of sp³-hybridized carbons (Fsp3) is 0.425. The number of methoxy groups -OCH3 is 1. The molecule has 11 nitrogen and oxygen atoms in total. The Morgan fingerprint density at radius 3 is 1.51 bits per heavy atom. The van der Waals surface area contributed by atoms with Crippen LogP contribution in [-0.4, -0.2) is 90.6 Å². The van der Waals surface area contributed by atoms with Crippen LogP contribution in [0.2, 0.25) is 0 Å². The molecule has 0 unspecified atom stereocenters. The lowest BCUT2D eigenvalue weighted by Gasteiger charge is -2.35. The molecule has 0 bridgehead atoms. The minimum atomic E-state index is -1.07. The van der Waals surface area contributed by atoms with Crippen LogP contribution in [0.5, 0.6) is 0 Å². The third-order valence-corrected chi connectivity index (χ3v) is 8.45. The molecule has 51 heavy (non-hydrogen) atoms. The van der Waals surface area contributed by atoms with E-state index in [1.807, 2.05) is 91.0 Å². The number of alkyl carbamates (subject to hydrolysis) is 1. The number of likely N-dealkylation sites (N-methyl/N-ethyl adjacent to an activating group) is 2. The van der Waals surface area contributed by atoms with E-state index in [9.17, 15) is 24.0 Å². The summed E-state index contributed by atoms with van der Waals surface area (Å²) < 4.78 is 10.5. The normalized spacial score (nSPS) is 13.6. The number of nitrogens with zero attached hydrogens (tertiary/aromatic N) is 2. The van der Waals surface area contributed by atoms with E-state index in [1.54, 1.807) is 34.6 Å². The molecule has 0 saturated carbocycles. The van der Waals surface area contributed by atoms with Crippen LogP contribution in [0.4, 0.5) is 4.79 Å². The number of rotatable bonds is 15. The summed E-state index contributed by atoms with van der Waals surface area (Å²) >= 11 is 0. The number of nitrogens with one attached hydrogen (secondary N) is 2. The van der Waals surface area contributed by atoms with Crippen molar-refractivity contribution in [3.8, 4) is 0 Å². The van der Waals surface area contributed by atoms with E-state index in [-0.39, 0.29) is 25.2 Å². The second kappa shape index (κ2) is 18.7. The number of carbonyl (C=O) groups is 5. The molecule has 4 atom stereocenters. The van der Waals surface area contributed by atoms with Gasteiger partial charge in [0.15, 0.2) is 0 Å². The molecular weight excluding hydrogens is 648 g/mol. The van der Waals surface area contributed by atoms with Crippen molar-refractivity contribution in [3.63, 3.8) is 0 Å². The zero-order valence-corrected chi connectivity index (χ0v) is 30.9. The Morgan fingerprint density at radius 1 is 0.647 bits per heavy atom. The Kier molecular flexibility index (Phi) is 14.8. The van der Waals surface area contributed by atoms with E-state index >= 15 is 0 Å². The van der Waals surface area contributed by atoms with Gasteiger partial charge in [0.05, 0.1) is 7.11 Å². The van der Waals surface area contributed by atoms with Gasteiger partial charge in [-0.1, -0.05) is 105 Å². The SMILES string of the molecule is COC(=O)[C@H](Cc1ccccc1)N(C)C(=O)[C@@H](NC(=O)[C@H](Cc1ccccc1)N(C)C(=O)[C@H](Cc1ccccc1)NC(=O)OC(C)(C)C)C(C)C. The first kappa shape index (κ1) is 40.2. The van der Waals surface area contributed by atoms with Gasteiger partial charge in [-0.25, -0.2) is 9.59 Å². The number of carbonyl (C=O) groups excluding carboxylic acids is 5. The Balaban J connectivity index is 1.93. The summed E-state index contributed by atoms with van der Waals surface area (Å²) in [6.45, 7) is 8.77. The highest BCUT2D eigenvalue weighted by Gasteiger charge is 2.38. The summed E-state index contributed by atoms with van der Waals surface area (Å²) in [7, 11) is 4.29. The van der Waals surface area contributed by atoms with Crippen LogP contribution in [0, 0.1) is 5.92 Å². The van der Waals surface area contributed by atoms with Gasteiger partial charge in [0.25, 0.3) is 0 Å². The summed E-state index contributed by atoms with van der Waals surface area (Å²) in [5, 5.41) is 5.61. The molecular formula is C40H52N4O7. The number of hydrogen-bond acceptors (Lipinski definition) is 7. The second-order valence-electron chi connectivity index (χ2n) is 14.0. The molecule has 0 aliphatic rings. The van der Waals surface area contributed by atoms with Crippen LogP contribution in [0.1, 0.15) is 51.3 Å². The van der Waals surface area contributed by atoms with Gasteiger partial charge in [-0.3, -0.25) is 14.4 Å². The maximum Gasteiger partial charge on any atom is 0.408 e. The first-order valence-corrected chi connectivity index (χ1v) is 17.1. The fourth-order valence-electron chi connectivity index (χ4n) is 5.63. The van der Waals surface area contributed by atoms with E-state index in [1.165, 1.54) is 31.0 Å². The van der Waals surface area contributed by atoms with Gasteiger partial charge >= 0.3 is 12.1 Å². The Bertz CT molecular complexity index is 1590. The molecule has 3 aromatic rings. The lowest BCUT2D eigenvalue weighted by molar-refractivity contribution is -0.153. The molecule has 3 aromatic carbocycles. The summed E-state index contributed by atoms with van der Waals surface area (Å²) in [5.41, 5.74) is 1.63. The van der Waals surface area contributed by atoms with E-state index in [4.69, 9.17) is 9.47 Å². The predicted molar refractivity (Wildman–Crippen MR) is 195 cm³/mol. The highest BCUT2D eigenvalue weighted by atomic mass is 16.6. The van der Waals surface area contributed by atoms with Crippen LogP contribution in [0.15, 0.2) is 91.0 Å². The third-order valence-electron chi connectivity index (χ3n) is 8.45. The molecule has 0 spiro atoms. The highest BCUT2D eigenvalue weighted by Crippen LogP contribution is 2.17. The largest absolute Gasteiger partial charge is 0.467 e. The Morgan fingerprint density at radius 2 is 1.08 bits per heavy atom. The zero-order chi connectivity index (χ0) is 37.7. The molecule has 274 valence electrons. The topological polar surface area (TPSA) is 134 Å². The summed E-state index contributed by atoms with van der Waals surface area (Å²) in [4.78, 5) is 71.1. The van der Waals surface area contributed by atoms with Crippen molar-refractivity contribution < 1.29 is 33.4 Å². The third kappa shape index (κ3) is 12.3. The molecule has 0 heterocycles. The van der Waals surface area contributed by atoms with Crippen LogP contribution in [-0.2, 0) is 47.9 Å². The molecule has 0 aliphatic heterocycles. The summed E-state index contributed by atoms with van der Waals surface area (Å²) in [6, 6.07) is 23.6. The number of amides is 4.